The summed E-state index contributed by atoms with van der Waals surface area (Å²) < 4.78 is 29.1. The normalized spacial score (nSPS) is 21.8. The van der Waals surface area contributed by atoms with E-state index in [1.165, 1.54) is 6.92 Å². The molecule has 0 radical (unpaired) electrons. The van der Waals surface area contributed by atoms with E-state index in [1.807, 2.05) is 0 Å². The highest BCUT2D eigenvalue weighted by atomic mass is 79.9. The van der Waals surface area contributed by atoms with E-state index in [2.05, 4.69) is 15.9 Å². The van der Waals surface area contributed by atoms with E-state index in [0.717, 1.165) is 25.2 Å². The molecule has 1 saturated heterocycles. The maximum atomic E-state index is 14.3. The van der Waals surface area contributed by atoms with Crippen LogP contribution in [0, 0.1) is 0 Å². The van der Waals surface area contributed by atoms with Crippen molar-refractivity contribution in [3.8, 4) is 11.1 Å². The molecule has 3 aromatic rings. The maximum Gasteiger partial charge on any atom is 0.303 e. The number of rotatable bonds is 7. The zero-order valence-corrected chi connectivity index (χ0v) is 26.8. The molecule has 0 aromatic heterocycles. The molecule has 1 fully saturated rings. The minimum absolute atomic E-state index is 0.00465. The van der Waals surface area contributed by atoms with Crippen LogP contribution in [0.4, 0.5) is 0 Å². The monoisotopic (exact) mass is 692 g/mol. The summed E-state index contributed by atoms with van der Waals surface area (Å²) in [5.41, 5.74) is 1.79. The molecule has 1 aliphatic carbocycles. The molecule has 0 N–H and O–H groups in total. The first-order chi connectivity index (χ1) is 21.9. The highest BCUT2D eigenvalue weighted by molar-refractivity contribution is 9.10. The van der Waals surface area contributed by atoms with Gasteiger partial charge in [-0.3, -0.25) is 28.8 Å². The molecular formula is C34H29BrO11. The Hall–Kier alpha value is -4.68. The molecular weight excluding hydrogens is 664 g/mol. The summed E-state index contributed by atoms with van der Waals surface area (Å²) in [5, 5.41) is 0. The van der Waals surface area contributed by atoms with Crippen LogP contribution in [0.2, 0.25) is 0 Å². The second kappa shape index (κ2) is 13.4. The molecule has 3 aromatic carbocycles. The molecule has 5 atom stereocenters. The van der Waals surface area contributed by atoms with Gasteiger partial charge in [-0.15, -0.1) is 0 Å². The first-order valence-electron chi connectivity index (χ1n) is 14.3. The fourth-order valence-electron chi connectivity index (χ4n) is 5.83. The van der Waals surface area contributed by atoms with Gasteiger partial charge < -0.3 is 23.7 Å². The molecule has 12 heteroatoms. The van der Waals surface area contributed by atoms with Gasteiger partial charge in [0.15, 0.2) is 29.9 Å². The molecule has 0 unspecified atom stereocenters. The zero-order chi connectivity index (χ0) is 33.3. The number of hydrogen-bond acceptors (Lipinski definition) is 11. The van der Waals surface area contributed by atoms with E-state index in [0.29, 0.717) is 11.1 Å². The predicted molar refractivity (Wildman–Crippen MR) is 164 cm³/mol. The summed E-state index contributed by atoms with van der Waals surface area (Å²) in [6, 6.07) is 16.9. The fraction of sp³-hybridized carbons (Fsp3) is 0.294. The summed E-state index contributed by atoms with van der Waals surface area (Å²) in [7, 11) is 0. The molecule has 1 heterocycles. The Kier molecular flexibility index (Phi) is 9.50. The van der Waals surface area contributed by atoms with Gasteiger partial charge in [-0.2, -0.15) is 0 Å². The number of ketones is 2. The van der Waals surface area contributed by atoms with Crippen LogP contribution in [0.25, 0.3) is 11.1 Å². The van der Waals surface area contributed by atoms with E-state index < -0.39 is 72.6 Å². The Bertz CT molecular complexity index is 1750. The van der Waals surface area contributed by atoms with Crippen LogP contribution in [0.15, 0.2) is 65.1 Å². The number of fused-ring (bicyclic) bond motifs is 2. The highest BCUT2D eigenvalue weighted by Gasteiger charge is 2.53. The zero-order valence-electron chi connectivity index (χ0n) is 25.2. The lowest BCUT2D eigenvalue weighted by Gasteiger charge is -2.45. The summed E-state index contributed by atoms with van der Waals surface area (Å²) in [4.78, 5) is 77.2. The van der Waals surface area contributed by atoms with Crippen molar-refractivity contribution in [3.63, 3.8) is 0 Å². The molecule has 2 aliphatic rings. The third-order valence-electron chi connectivity index (χ3n) is 7.56. The van der Waals surface area contributed by atoms with Gasteiger partial charge in [0.05, 0.1) is 0 Å². The van der Waals surface area contributed by atoms with E-state index >= 15 is 0 Å². The van der Waals surface area contributed by atoms with Gasteiger partial charge in [0.1, 0.15) is 18.8 Å². The lowest BCUT2D eigenvalue weighted by Crippen LogP contribution is -2.59. The maximum absolute atomic E-state index is 14.3. The smallest absolute Gasteiger partial charge is 0.303 e. The van der Waals surface area contributed by atoms with Crippen LogP contribution in [-0.2, 0) is 42.9 Å². The Labute approximate surface area is 272 Å². The number of carbonyl (C=O) groups is 6. The van der Waals surface area contributed by atoms with Gasteiger partial charge >= 0.3 is 23.9 Å². The standard InChI is InChI=1S/C34H29BrO11/c1-16(36)42-15-26-32(43-17(2)37)34(45-19(4)39)33(44-18(3)38)31(46-26)25-14-13-22(20-9-11-21(35)12-10-20)27-28(25)30(41)24-8-6-5-7-23(24)29(27)40/h5-14,26,31-34H,15H2,1-4H3/t26-,31+,32-,33+,34+/m1/s1. The van der Waals surface area contributed by atoms with Crippen LogP contribution in [-0.4, -0.2) is 66.5 Å². The van der Waals surface area contributed by atoms with Crippen molar-refractivity contribution in [2.75, 3.05) is 6.61 Å². The van der Waals surface area contributed by atoms with Gasteiger partial charge in [-0.1, -0.05) is 64.5 Å². The average molecular weight is 693 g/mol. The number of ether oxygens (including phenoxy) is 5. The van der Waals surface area contributed by atoms with Crippen molar-refractivity contribution >= 4 is 51.4 Å². The largest absolute Gasteiger partial charge is 0.463 e. The van der Waals surface area contributed by atoms with Gasteiger partial charge in [0.25, 0.3) is 0 Å². The predicted octanol–water partition coefficient (Wildman–Crippen LogP) is 4.69. The van der Waals surface area contributed by atoms with E-state index in [9.17, 15) is 28.8 Å². The first-order valence-corrected chi connectivity index (χ1v) is 15.1. The topological polar surface area (TPSA) is 149 Å². The number of halogens is 1. The number of carbonyl (C=O) groups excluding carboxylic acids is 6. The minimum atomic E-state index is -1.46. The lowest BCUT2D eigenvalue weighted by molar-refractivity contribution is -0.254. The molecule has 0 amide bonds. The Balaban J connectivity index is 1.76. The van der Waals surface area contributed by atoms with Crippen molar-refractivity contribution in [1.29, 1.82) is 0 Å². The average Bonchev–Trinajstić information content (AvgIpc) is 3.00. The molecule has 1 aliphatic heterocycles. The summed E-state index contributed by atoms with van der Waals surface area (Å²) >= 11 is 3.42. The molecule has 0 saturated carbocycles. The minimum Gasteiger partial charge on any atom is -0.463 e. The summed E-state index contributed by atoms with van der Waals surface area (Å²) in [5.74, 6) is -3.90. The van der Waals surface area contributed by atoms with Crippen molar-refractivity contribution in [2.45, 2.75) is 58.2 Å². The Morgan fingerprint density at radius 3 is 1.76 bits per heavy atom. The van der Waals surface area contributed by atoms with Crippen LogP contribution >= 0.6 is 15.9 Å². The highest BCUT2D eigenvalue weighted by Crippen LogP contribution is 2.44. The van der Waals surface area contributed by atoms with Crippen LogP contribution in [0.1, 0.15) is 71.2 Å². The summed E-state index contributed by atoms with van der Waals surface area (Å²) in [6.45, 7) is 4.11. The number of benzene rings is 3. The van der Waals surface area contributed by atoms with E-state index in [-0.39, 0.29) is 27.8 Å². The third-order valence-corrected chi connectivity index (χ3v) is 8.09. The fourth-order valence-corrected chi connectivity index (χ4v) is 6.10. The van der Waals surface area contributed by atoms with Crippen molar-refractivity contribution < 1.29 is 52.5 Å². The second-order valence-electron chi connectivity index (χ2n) is 10.8. The van der Waals surface area contributed by atoms with Gasteiger partial charge in [-0.05, 0) is 28.8 Å². The van der Waals surface area contributed by atoms with Crippen molar-refractivity contribution in [1.82, 2.24) is 0 Å². The molecule has 238 valence electrons. The molecule has 0 bridgehead atoms. The molecule has 11 nitrogen and oxygen atoms in total. The van der Waals surface area contributed by atoms with Crippen LogP contribution < -0.4 is 0 Å². The second-order valence-corrected chi connectivity index (χ2v) is 11.7. The summed E-state index contributed by atoms with van der Waals surface area (Å²) in [6.07, 6.45) is -6.87. The Morgan fingerprint density at radius 2 is 1.20 bits per heavy atom. The lowest BCUT2D eigenvalue weighted by atomic mass is 9.76. The first kappa shape index (κ1) is 32.7. The van der Waals surface area contributed by atoms with Crippen LogP contribution in [0.5, 0.6) is 0 Å². The van der Waals surface area contributed by atoms with Gasteiger partial charge in [0.2, 0.25) is 0 Å². The van der Waals surface area contributed by atoms with Crippen molar-refractivity contribution in [3.05, 3.63) is 93.0 Å². The van der Waals surface area contributed by atoms with Gasteiger partial charge in [0, 0.05) is 54.4 Å². The number of esters is 4. The van der Waals surface area contributed by atoms with E-state index in [1.54, 1.807) is 60.7 Å². The SMILES string of the molecule is CC(=O)OC[C@H]1O[C@@H](c2ccc(-c3ccc(Br)cc3)c3c2C(=O)c2ccccc2C3=O)[C@H](OC(C)=O)[C@@H](OC(C)=O)[C@@H]1OC(C)=O. The number of hydrogen-bond donors (Lipinski definition) is 0. The van der Waals surface area contributed by atoms with Crippen molar-refractivity contribution in [2.24, 2.45) is 0 Å². The molecule has 0 spiro atoms. The molecule has 5 rings (SSSR count). The van der Waals surface area contributed by atoms with E-state index in [4.69, 9.17) is 23.7 Å². The van der Waals surface area contributed by atoms with Gasteiger partial charge in [-0.25, -0.2) is 0 Å². The third kappa shape index (κ3) is 6.49. The Morgan fingerprint density at radius 1 is 0.652 bits per heavy atom. The van der Waals surface area contributed by atoms with Crippen LogP contribution in [0.3, 0.4) is 0 Å². The molecule has 46 heavy (non-hydrogen) atoms. The quantitative estimate of drug-likeness (QED) is 0.196.